The molecule has 14 heavy (non-hydrogen) atoms. The van der Waals surface area contributed by atoms with Crippen molar-refractivity contribution in [1.82, 2.24) is 0 Å². The number of ether oxygens (including phenoxy) is 2. The SMILES string of the molecule is CCOC(=O)CCC(N)C(=O)OCC. The smallest absolute Gasteiger partial charge is 0.322 e. The van der Waals surface area contributed by atoms with Gasteiger partial charge in [0.2, 0.25) is 0 Å². The predicted octanol–water partition coefficient (Wildman–Crippen LogP) is 0.220. The van der Waals surface area contributed by atoms with Crippen molar-refractivity contribution < 1.29 is 19.1 Å². The Hall–Kier alpha value is -1.10. The minimum atomic E-state index is -0.737. The molecule has 0 fully saturated rings. The summed E-state index contributed by atoms with van der Waals surface area (Å²) in [5, 5.41) is 0. The first kappa shape index (κ1) is 12.9. The molecule has 0 aromatic carbocycles. The Labute approximate surface area is 83.5 Å². The van der Waals surface area contributed by atoms with Crippen LogP contribution in [0.15, 0.2) is 0 Å². The fraction of sp³-hybridized carbons (Fsp3) is 0.778. The van der Waals surface area contributed by atoms with Crippen molar-refractivity contribution in [3.05, 3.63) is 0 Å². The van der Waals surface area contributed by atoms with Crippen LogP contribution in [0, 0.1) is 0 Å². The summed E-state index contributed by atoms with van der Waals surface area (Å²) < 4.78 is 9.37. The minimum absolute atomic E-state index is 0.147. The first-order valence-electron chi connectivity index (χ1n) is 4.69. The molecule has 0 aromatic heterocycles. The molecule has 1 atom stereocenters. The van der Waals surface area contributed by atoms with Crippen LogP contribution in [0.5, 0.6) is 0 Å². The van der Waals surface area contributed by atoms with Crippen LogP contribution in [0.25, 0.3) is 0 Å². The molecule has 0 amide bonds. The molecule has 0 aliphatic heterocycles. The van der Waals surface area contributed by atoms with Gasteiger partial charge in [-0.15, -0.1) is 0 Å². The van der Waals surface area contributed by atoms with E-state index in [9.17, 15) is 9.59 Å². The van der Waals surface area contributed by atoms with Crippen LogP contribution >= 0.6 is 0 Å². The second-order valence-electron chi connectivity index (χ2n) is 2.70. The van der Waals surface area contributed by atoms with E-state index < -0.39 is 12.0 Å². The molecule has 2 N–H and O–H groups in total. The minimum Gasteiger partial charge on any atom is -0.466 e. The normalized spacial score (nSPS) is 11.9. The Kier molecular flexibility index (Phi) is 6.74. The van der Waals surface area contributed by atoms with Crippen LogP contribution in [0.1, 0.15) is 26.7 Å². The molecule has 5 heteroatoms. The molecule has 0 aliphatic rings. The highest BCUT2D eigenvalue weighted by Gasteiger charge is 2.16. The molecule has 0 heterocycles. The van der Waals surface area contributed by atoms with E-state index in [4.69, 9.17) is 5.73 Å². The lowest BCUT2D eigenvalue weighted by molar-refractivity contribution is -0.146. The van der Waals surface area contributed by atoms with Crippen molar-refractivity contribution in [3.8, 4) is 0 Å². The molecular weight excluding hydrogens is 186 g/mol. The van der Waals surface area contributed by atoms with Crippen LogP contribution < -0.4 is 5.73 Å². The summed E-state index contributed by atoms with van der Waals surface area (Å²) in [6, 6.07) is -0.737. The van der Waals surface area contributed by atoms with Crippen molar-refractivity contribution in [2.75, 3.05) is 13.2 Å². The Morgan fingerprint density at radius 2 is 1.79 bits per heavy atom. The molecular formula is C9H17NO4. The predicted molar refractivity (Wildman–Crippen MR) is 50.5 cm³/mol. The van der Waals surface area contributed by atoms with Gasteiger partial charge in [0.1, 0.15) is 6.04 Å². The maximum absolute atomic E-state index is 11.0. The molecule has 82 valence electrons. The van der Waals surface area contributed by atoms with E-state index >= 15 is 0 Å². The molecule has 0 saturated heterocycles. The lowest BCUT2D eigenvalue weighted by Crippen LogP contribution is -2.32. The van der Waals surface area contributed by atoms with Crippen LogP contribution in [0.3, 0.4) is 0 Å². The van der Waals surface area contributed by atoms with E-state index in [-0.39, 0.29) is 18.8 Å². The molecule has 0 spiro atoms. The molecule has 0 aromatic rings. The fourth-order valence-electron chi connectivity index (χ4n) is 0.874. The zero-order valence-corrected chi connectivity index (χ0v) is 8.62. The molecule has 0 saturated carbocycles. The van der Waals surface area contributed by atoms with Crippen LogP contribution in [-0.2, 0) is 19.1 Å². The molecule has 0 radical (unpaired) electrons. The number of hydrogen-bond acceptors (Lipinski definition) is 5. The van der Waals surface area contributed by atoms with Gasteiger partial charge in [-0.2, -0.15) is 0 Å². The average Bonchev–Trinajstić information content (AvgIpc) is 2.15. The number of carbonyl (C=O) groups excluding carboxylic acids is 2. The first-order valence-corrected chi connectivity index (χ1v) is 4.69. The highest BCUT2D eigenvalue weighted by Crippen LogP contribution is 1.99. The van der Waals surface area contributed by atoms with E-state index in [1.807, 2.05) is 0 Å². The van der Waals surface area contributed by atoms with Gasteiger partial charge in [-0.05, 0) is 20.3 Å². The summed E-state index contributed by atoms with van der Waals surface area (Å²) >= 11 is 0. The van der Waals surface area contributed by atoms with Crippen molar-refractivity contribution in [3.63, 3.8) is 0 Å². The highest BCUT2D eigenvalue weighted by molar-refractivity contribution is 5.77. The van der Waals surface area contributed by atoms with Crippen molar-refractivity contribution in [2.24, 2.45) is 5.73 Å². The van der Waals surface area contributed by atoms with E-state index in [1.165, 1.54) is 0 Å². The quantitative estimate of drug-likeness (QED) is 0.625. The Morgan fingerprint density at radius 1 is 1.21 bits per heavy atom. The molecule has 1 unspecified atom stereocenters. The maximum atomic E-state index is 11.0. The molecule has 5 nitrogen and oxygen atoms in total. The second-order valence-corrected chi connectivity index (χ2v) is 2.70. The van der Waals surface area contributed by atoms with Gasteiger partial charge in [0.05, 0.1) is 13.2 Å². The van der Waals surface area contributed by atoms with Gasteiger partial charge in [0, 0.05) is 6.42 Å². The zero-order valence-electron chi connectivity index (χ0n) is 8.62. The summed E-state index contributed by atoms with van der Waals surface area (Å²) in [5.74, 6) is -0.816. The third-order valence-electron chi connectivity index (χ3n) is 1.55. The van der Waals surface area contributed by atoms with E-state index in [0.29, 0.717) is 13.2 Å². The average molecular weight is 203 g/mol. The Bertz CT molecular complexity index is 193. The zero-order chi connectivity index (χ0) is 11.0. The molecule has 0 aliphatic carbocycles. The van der Waals surface area contributed by atoms with Gasteiger partial charge in [-0.1, -0.05) is 0 Å². The monoisotopic (exact) mass is 203 g/mol. The number of rotatable bonds is 6. The van der Waals surface area contributed by atoms with Gasteiger partial charge in [0.15, 0.2) is 0 Å². The van der Waals surface area contributed by atoms with Gasteiger partial charge < -0.3 is 15.2 Å². The van der Waals surface area contributed by atoms with Gasteiger partial charge in [-0.25, -0.2) is 0 Å². The lowest BCUT2D eigenvalue weighted by atomic mass is 10.2. The second kappa shape index (κ2) is 7.32. The molecule has 0 rings (SSSR count). The summed E-state index contributed by atoms with van der Waals surface area (Å²) in [7, 11) is 0. The number of esters is 2. The fourth-order valence-corrected chi connectivity index (χ4v) is 0.874. The van der Waals surface area contributed by atoms with E-state index in [0.717, 1.165) is 0 Å². The summed E-state index contributed by atoms with van der Waals surface area (Å²) in [6.45, 7) is 4.07. The van der Waals surface area contributed by atoms with Crippen LogP contribution in [0.4, 0.5) is 0 Å². The number of hydrogen-bond donors (Lipinski definition) is 1. The summed E-state index contributed by atoms with van der Waals surface area (Å²) in [6.07, 6.45) is 0.408. The van der Waals surface area contributed by atoms with Gasteiger partial charge in [0.25, 0.3) is 0 Å². The first-order chi connectivity index (χ1) is 6.61. The maximum Gasteiger partial charge on any atom is 0.322 e. The van der Waals surface area contributed by atoms with Crippen molar-refractivity contribution >= 4 is 11.9 Å². The van der Waals surface area contributed by atoms with Crippen molar-refractivity contribution in [1.29, 1.82) is 0 Å². The Morgan fingerprint density at radius 3 is 2.29 bits per heavy atom. The van der Waals surface area contributed by atoms with E-state index in [2.05, 4.69) is 9.47 Å². The Balaban J connectivity index is 3.67. The van der Waals surface area contributed by atoms with E-state index in [1.54, 1.807) is 13.8 Å². The lowest BCUT2D eigenvalue weighted by Gasteiger charge is -2.09. The summed E-state index contributed by atoms with van der Waals surface area (Å²) in [4.78, 5) is 21.9. The topological polar surface area (TPSA) is 78.6 Å². The van der Waals surface area contributed by atoms with Crippen molar-refractivity contribution in [2.45, 2.75) is 32.7 Å². The number of nitrogens with two attached hydrogens (primary N) is 1. The molecule has 0 bridgehead atoms. The van der Waals surface area contributed by atoms with Gasteiger partial charge in [-0.3, -0.25) is 9.59 Å². The van der Waals surface area contributed by atoms with Gasteiger partial charge >= 0.3 is 11.9 Å². The third-order valence-corrected chi connectivity index (χ3v) is 1.55. The largest absolute Gasteiger partial charge is 0.466 e. The van der Waals surface area contributed by atoms with Crippen LogP contribution in [-0.4, -0.2) is 31.2 Å². The summed E-state index contributed by atoms with van der Waals surface area (Å²) in [5.41, 5.74) is 5.47. The standard InChI is InChI=1S/C9H17NO4/c1-3-13-8(11)6-5-7(10)9(12)14-4-2/h7H,3-6,10H2,1-2H3. The highest BCUT2D eigenvalue weighted by atomic mass is 16.5. The third kappa shape index (κ3) is 5.53. The van der Waals surface area contributed by atoms with Crippen LogP contribution in [0.2, 0.25) is 0 Å². The number of carbonyl (C=O) groups is 2.